The first kappa shape index (κ1) is 14.2. The fraction of sp³-hybridized carbons (Fsp3) is 0.412. The van der Waals surface area contributed by atoms with Crippen molar-refractivity contribution in [1.29, 1.82) is 0 Å². The first-order chi connectivity index (χ1) is 10.3. The number of furan rings is 1. The molecule has 1 saturated heterocycles. The fourth-order valence-electron chi connectivity index (χ4n) is 2.49. The molecule has 0 bridgehead atoms. The average Bonchev–Trinajstić information content (AvgIpc) is 3.17. The molecule has 4 nitrogen and oxygen atoms in total. The SMILES string of the molecule is C[C@H](NCc1ccc(Oc2ccccc2)o1)[C@@H]1CCOC1. The van der Waals surface area contributed by atoms with E-state index < -0.39 is 0 Å². The molecule has 2 heterocycles. The average molecular weight is 287 g/mol. The highest BCUT2D eigenvalue weighted by Gasteiger charge is 2.21. The number of ether oxygens (including phenoxy) is 2. The second kappa shape index (κ2) is 6.78. The van der Waals surface area contributed by atoms with Gasteiger partial charge in [0, 0.05) is 18.7 Å². The fourth-order valence-corrected chi connectivity index (χ4v) is 2.49. The van der Waals surface area contributed by atoms with Crippen LogP contribution in [0.25, 0.3) is 0 Å². The topological polar surface area (TPSA) is 43.6 Å². The van der Waals surface area contributed by atoms with Crippen LogP contribution in [0.5, 0.6) is 11.7 Å². The standard InChI is InChI=1S/C17H21NO3/c1-13(14-9-10-19-12-14)18-11-16-7-8-17(21-16)20-15-5-3-2-4-6-15/h2-8,13-14,18H,9-12H2,1H3/t13-,14+/m0/s1. The van der Waals surface area contributed by atoms with Gasteiger partial charge in [0.05, 0.1) is 13.2 Å². The zero-order valence-corrected chi connectivity index (χ0v) is 12.2. The first-order valence-electron chi connectivity index (χ1n) is 7.44. The molecular weight excluding hydrogens is 266 g/mol. The zero-order chi connectivity index (χ0) is 14.5. The number of benzene rings is 1. The van der Waals surface area contributed by atoms with E-state index in [0.717, 1.165) is 31.1 Å². The summed E-state index contributed by atoms with van der Waals surface area (Å²) in [5.74, 6) is 2.78. The van der Waals surface area contributed by atoms with E-state index in [1.807, 2.05) is 42.5 Å². The Bertz CT molecular complexity index is 546. The Kier molecular flexibility index (Phi) is 4.58. The van der Waals surface area contributed by atoms with Crippen LogP contribution < -0.4 is 10.1 Å². The third-order valence-corrected chi connectivity index (χ3v) is 3.87. The lowest BCUT2D eigenvalue weighted by molar-refractivity contribution is 0.177. The maximum absolute atomic E-state index is 5.68. The Hall–Kier alpha value is -1.78. The van der Waals surface area contributed by atoms with Crippen LogP contribution in [0.3, 0.4) is 0 Å². The van der Waals surface area contributed by atoms with Crippen LogP contribution in [0, 0.1) is 5.92 Å². The third kappa shape index (κ3) is 3.86. The molecule has 0 aliphatic carbocycles. The smallest absolute Gasteiger partial charge is 0.290 e. The molecule has 1 aromatic carbocycles. The van der Waals surface area contributed by atoms with E-state index in [1.54, 1.807) is 0 Å². The normalized spacial score (nSPS) is 19.6. The van der Waals surface area contributed by atoms with E-state index in [0.29, 0.717) is 24.5 Å². The monoisotopic (exact) mass is 287 g/mol. The lowest BCUT2D eigenvalue weighted by Gasteiger charge is -2.18. The van der Waals surface area contributed by atoms with Gasteiger partial charge in [-0.3, -0.25) is 0 Å². The van der Waals surface area contributed by atoms with Crippen molar-refractivity contribution in [2.45, 2.75) is 25.9 Å². The van der Waals surface area contributed by atoms with Crippen molar-refractivity contribution in [2.24, 2.45) is 5.92 Å². The molecule has 1 aromatic heterocycles. The van der Waals surface area contributed by atoms with Crippen LogP contribution >= 0.6 is 0 Å². The minimum Gasteiger partial charge on any atom is -0.429 e. The summed E-state index contributed by atoms with van der Waals surface area (Å²) in [7, 11) is 0. The van der Waals surface area contributed by atoms with Gasteiger partial charge in [-0.05, 0) is 37.5 Å². The molecule has 21 heavy (non-hydrogen) atoms. The Morgan fingerprint density at radius 3 is 2.86 bits per heavy atom. The van der Waals surface area contributed by atoms with Crippen molar-refractivity contribution in [3.63, 3.8) is 0 Å². The van der Waals surface area contributed by atoms with Gasteiger partial charge < -0.3 is 19.2 Å². The Labute approximate surface area is 125 Å². The van der Waals surface area contributed by atoms with E-state index in [9.17, 15) is 0 Å². The van der Waals surface area contributed by atoms with Crippen LogP contribution in [-0.4, -0.2) is 19.3 Å². The second-order valence-electron chi connectivity index (χ2n) is 5.43. The third-order valence-electron chi connectivity index (χ3n) is 3.87. The van der Waals surface area contributed by atoms with Crippen LogP contribution in [0.1, 0.15) is 19.1 Å². The van der Waals surface area contributed by atoms with Crippen molar-refractivity contribution in [3.05, 3.63) is 48.2 Å². The molecule has 2 atom stereocenters. The summed E-state index contributed by atoms with van der Waals surface area (Å²) in [6.45, 7) is 4.64. The number of nitrogens with one attached hydrogen (secondary N) is 1. The van der Waals surface area contributed by atoms with Crippen molar-refractivity contribution >= 4 is 0 Å². The van der Waals surface area contributed by atoms with Gasteiger partial charge in [-0.2, -0.15) is 0 Å². The van der Waals surface area contributed by atoms with E-state index in [4.69, 9.17) is 13.9 Å². The molecule has 0 amide bonds. The minimum absolute atomic E-state index is 0.427. The highest BCUT2D eigenvalue weighted by atomic mass is 16.6. The van der Waals surface area contributed by atoms with Crippen LogP contribution in [0.15, 0.2) is 46.9 Å². The molecule has 0 radical (unpaired) electrons. The Morgan fingerprint density at radius 2 is 2.10 bits per heavy atom. The van der Waals surface area contributed by atoms with E-state index >= 15 is 0 Å². The molecule has 2 aromatic rings. The Balaban J connectivity index is 1.50. The molecule has 0 unspecified atom stereocenters. The molecule has 1 fully saturated rings. The second-order valence-corrected chi connectivity index (χ2v) is 5.43. The van der Waals surface area contributed by atoms with Crippen molar-refractivity contribution < 1.29 is 13.9 Å². The van der Waals surface area contributed by atoms with Gasteiger partial charge in [0.15, 0.2) is 0 Å². The molecule has 1 N–H and O–H groups in total. The quantitative estimate of drug-likeness (QED) is 0.882. The highest BCUT2D eigenvalue weighted by Crippen LogP contribution is 2.23. The van der Waals surface area contributed by atoms with Gasteiger partial charge in [0.25, 0.3) is 5.95 Å². The van der Waals surface area contributed by atoms with E-state index in [-0.39, 0.29) is 0 Å². The van der Waals surface area contributed by atoms with Crippen LogP contribution in [-0.2, 0) is 11.3 Å². The largest absolute Gasteiger partial charge is 0.429 e. The predicted molar refractivity (Wildman–Crippen MR) is 80.5 cm³/mol. The maximum Gasteiger partial charge on any atom is 0.290 e. The van der Waals surface area contributed by atoms with E-state index in [2.05, 4.69) is 12.2 Å². The summed E-state index contributed by atoms with van der Waals surface area (Å²) >= 11 is 0. The molecule has 0 spiro atoms. The van der Waals surface area contributed by atoms with Crippen molar-refractivity contribution in [2.75, 3.05) is 13.2 Å². The number of hydrogen-bond acceptors (Lipinski definition) is 4. The van der Waals surface area contributed by atoms with Crippen molar-refractivity contribution in [3.8, 4) is 11.7 Å². The highest BCUT2D eigenvalue weighted by molar-refractivity contribution is 5.26. The van der Waals surface area contributed by atoms with Crippen LogP contribution in [0.4, 0.5) is 0 Å². The number of hydrogen-bond donors (Lipinski definition) is 1. The van der Waals surface area contributed by atoms with Gasteiger partial charge >= 0.3 is 0 Å². The predicted octanol–water partition coefficient (Wildman–Crippen LogP) is 3.59. The molecule has 112 valence electrons. The van der Waals surface area contributed by atoms with Gasteiger partial charge in [-0.25, -0.2) is 0 Å². The zero-order valence-electron chi connectivity index (χ0n) is 12.2. The molecule has 1 aliphatic heterocycles. The van der Waals surface area contributed by atoms with E-state index in [1.165, 1.54) is 0 Å². The summed E-state index contributed by atoms with van der Waals surface area (Å²) in [5, 5.41) is 3.49. The number of para-hydroxylation sites is 1. The molecule has 4 heteroatoms. The minimum atomic E-state index is 0.427. The molecule has 1 aliphatic rings. The summed E-state index contributed by atoms with van der Waals surface area (Å²) < 4.78 is 16.8. The summed E-state index contributed by atoms with van der Waals surface area (Å²) in [5.41, 5.74) is 0. The first-order valence-corrected chi connectivity index (χ1v) is 7.44. The van der Waals surface area contributed by atoms with Crippen LogP contribution in [0.2, 0.25) is 0 Å². The molecule has 0 saturated carbocycles. The van der Waals surface area contributed by atoms with Gasteiger partial charge in [-0.1, -0.05) is 18.2 Å². The summed E-state index contributed by atoms with van der Waals surface area (Å²) in [6.07, 6.45) is 1.13. The lowest BCUT2D eigenvalue weighted by atomic mass is 10.0. The maximum atomic E-state index is 5.68. The Morgan fingerprint density at radius 1 is 1.24 bits per heavy atom. The lowest BCUT2D eigenvalue weighted by Crippen LogP contribution is -2.33. The van der Waals surface area contributed by atoms with Crippen molar-refractivity contribution in [1.82, 2.24) is 5.32 Å². The van der Waals surface area contributed by atoms with Gasteiger partial charge in [-0.15, -0.1) is 0 Å². The molecular formula is C17H21NO3. The summed E-state index contributed by atoms with van der Waals surface area (Å²) in [6, 6.07) is 13.9. The summed E-state index contributed by atoms with van der Waals surface area (Å²) in [4.78, 5) is 0. The molecule has 3 rings (SSSR count). The van der Waals surface area contributed by atoms with Gasteiger partial charge in [0.1, 0.15) is 11.5 Å². The van der Waals surface area contributed by atoms with Gasteiger partial charge in [0.2, 0.25) is 0 Å². The number of rotatable bonds is 6.